The number of nitrogens with zero attached hydrogens (tertiary/aromatic N) is 5. The first-order valence-corrected chi connectivity index (χ1v) is 11.9. The molecule has 7 heteroatoms. The molecular weight excluding hydrogens is 450 g/mol. The first-order chi connectivity index (χ1) is 17.6. The molecule has 0 bridgehead atoms. The van der Waals surface area contributed by atoms with E-state index in [0.717, 1.165) is 39.8 Å². The molecule has 1 amide bonds. The molecule has 0 atom stereocenters. The number of benzene rings is 3. The second-order valence-electron chi connectivity index (χ2n) is 8.91. The molecule has 3 heterocycles. The first-order valence-electron chi connectivity index (χ1n) is 11.9. The number of carbonyl (C=O) groups is 1. The van der Waals surface area contributed by atoms with Crippen molar-refractivity contribution in [1.29, 1.82) is 0 Å². The minimum Gasteiger partial charge on any atom is -0.494 e. The van der Waals surface area contributed by atoms with Crippen LogP contribution in [0.1, 0.15) is 16.7 Å². The van der Waals surface area contributed by atoms with Crippen LogP contribution >= 0.6 is 0 Å². The third-order valence-corrected chi connectivity index (χ3v) is 6.72. The minimum absolute atomic E-state index is 0.0133. The summed E-state index contributed by atoms with van der Waals surface area (Å²) in [4.78, 5) is 19.8. The lowest BCUT2D eigenvalue weighted by Crippen LogP contribution is -2.32. The standard InChI is InChI=1S/C29H25N5O2/c1-32-25-11-6-5-10-23(25)27(29(32)36)28(20-8-3-2-4-9-20)31-22-12-13-24-21(18-22)14-17-34(24)26(35)19-33-16-7-15-30-33/h2-13,15-16,18,36H,14,17,19H2,1H3. The largest absolute Gasteiger partial charge is 0.494 e. The fraction of sp³-hybridized carbons (Fsp3) is 0.138. The van der Waals surface area contributed by atoms with E-state index in [0.29, 0.717) is 17.8 Å². The van der Waals surface area contributed by atoms with Crippen molar-refractivity contribution in [2.45, 2.75) is 13.0 Å². The molecule has 178 valence electrons. The third kappa shape index (κ3) is 3.75. The number of para-hydroxylation sites is 1. The number of rotatable bonds is 5. The SMILES string of the molecule is Cn1c(O)c(C(=Nc2ccc3c(c2)CCN3C(=O)Cn2cccn2)c2ccccc2)c2ccccc21. The summed E-state index contributed by atoms with van der Waals surface area (Å²) >= 11 is 0. The molecule has 5 aromatic rings. The van der Waals surface area contributed by atoms with E-state index in [1.165, 1.54) is 0 Å². The summed E-state index contributed by atoms with van der Waals surface area (Å²) in [5, 5.41) is 16.2. The van der Waals surface area contributed by atoms with Crippen LogP contribution in [0.25, 0.3) is 10.9 Å². The Morgan fingerprint density at radius 1 is 1.03 bits per heavy atom. The number of amides is 1. The molecule has 1 N–H and O–H groups in total. The molecule has 3 aromatic carbocycles. The number of aliphatic imine (C=N–C) groups is 1. The van der Waals surface area contributed by atoms with Crippen LogP contribution < -0.4 is 4.90 Å². The highest BCUT2D eigenvalue weighted by Crippen LogP contribution is 2.36. The number of carbonyl (C=O) groups excluding carboxylic acids is 1. The van der Waals surface area contributed by atoms with Gasteiger partial charge >= 0.3 is 0 Å². The number of aromatic nitrogens is 3. The fourth-order valence-electron chi connectivity index (χ4n) is 4.94. The molecular formula is C29H25N5O2. The first kappa shape index (κ1) is 21.9. The van der Waals surface area contributed by atoms with Gasteiger partial charge in [0.15, 0.2) is 0 Å². The van der Waals surface area contributed by atoms with Crippen molar-refractivity contribution in [1.82, 2.24) is 14.3 Å². The maximum absolute atomic E-state index is 12.9. The maximum Gasteiger partial charge on any atom is 0.248 e. The number of hydrogen-bond acceptors (Lipinski definition) is 4. The molecule has 0 spiro atoms. The highest BCUT2D eigenvalue weighted by molar-refractivity contribution is 6.22. The zero-order chi connectivity index (χ0) is 24.6. The summed E-state index contributed by atoms with van der Waals surface area (Å²) in [6.07, 6.45) is 4.23. The number of hydrogen-bond donors (Lipinski definition) is 1. The van der Waals surface area contributed by atoms with Gasteiger partial charge in [0.1, 0.15) is 6.54 Å². The number of aryl methyl sites for hydroxylation is 1. The van der Waals surface area contributed by atoms with Crippen molar-refractivity contribution < 1.29 is 9.90 Å². The Hall–Kier alpha value is -4.65. The number of anilines is 1. The fourth-order valence-corrected chi connectivity index (χ4v) is 4.94. The molecule has 7 nitrogen and oxygen atoms in total. The molecule has 1 aliphatic rings. The van der Waals surface area contributed by atoms with E-state index in [-0.39, 0.29) is 18.3 Å². The highest BCUT2D eigenvalue weighted by Gasteiger charge is 2.26. The quantitative estimate of drug-likeness (QED) is 0.370. The summed E-state index contributed by atoms with van der Waals surface area (Å²) in [5.41, 5.74) is 6.04. The van der Waals surface area contributed by atoms with Crippen LogP contribution in [0.4, 0.5) is 11.4 Å². The van der Waals surface area contributed by atoms with Gasteiger partial charge in [-0.1, -0.05) is 48.5 Å². The van der Waals surface area contributed by atoms with Gasteiger partial charge in [-0.05, 0) is 42.3 Å². The van der Waals surface area contributed by atoms with Crippen LogP contribution in [0.5, 0.6) is 5.88 Å². The molecule has 1 aliphatic heterocycles. The topological polar surface area (TPSA) is 75.7 Å². The van der Waals surface area contributed by atoms with Crippen molar-refractivity contribution in [3.8, 4) is 5.88 Å². The Morgan fingerprint density at radius 2 is 1.83 bits per heavy atom. The summed E-state index contributed by atoms with van der Waals surface area (Å²) in [6.45, 7) is 0.850. The molecule has 2 aromatic heterocycles. The van der Waals surface area contributed by atoms with Crippen molar-refractivity contribution in [3.63, 3.8) is 0 Å². The van der Waals surface area contributed by atoms with E-state index in [9.17, 15) is 9.90 Å². The van der Waals surface area contributed by atoms with Gasteiger partial charge in [0.25, 0.3) is 0 Å². The van der Waals surface area contributed by atoms with Crippen LogP contribution in [0.2, 0.25) is 0 Å². The number of aromatic hydroxyl groups is 1. The van der Waals surface area contributed by atoms with Gasteiger partial charge in [-0.2, -0.15) is 5.10 Å². The zero-order valence-electron chi connectivity index (χ0n) is 19.9. The highest BCUT2D eigenvalue weighted by atomic mass is 16.3. The van der Waals surface area contributed by atoms with Crippen LogP contribution in [0.15, 0.2) is 96.2 Å². The van der Waals surface area contributed by atoms with Gasteiger partial charge in [0, 0.05) is 42.6 Å². The smallest absolute Gasteiger partial charge is 0.248 e. The minimum atomic E-state index is 0.0133. The second kappa shape index (κ2) is 8.85. The summed E-state index contributed by atoms with van der Waals surface area (Å²) < 4.78 is 3.43. The van der Waals surface area contributed by atoms with E-state index < -0.39 is 0 Å². The molecule has 0 unspecified atom stereocenters. The zero-order valence-corrected chi connectivity index (χ0v) is 19.9. The van der Waals surface area contributed by atoms with Gasteiger partial charge in [-0.3, -0.25) is 9.48 Å². The summed E-state index contributed by atoms with van der Waals surface area (Å²) in [7, 11) is 1.86. The molecule has 0 radical (unpaired) electrons. The van der Waals surface area contributed by atoms with Gasteiger partial charge in [0.2, 0.25) is 11.8 Å². The van der Waals surface area contributed by atoms with Crippen LogP contribution in [0, 0.1) is 0 Å². The molecule has 36 heavy (non-hydrogen) atoms. The Balaban J connectivity index is 1.41. The van der Waals surface area contributed by atoms with Crippen molar-refractivity contribution in [3.05, 3.63) is 108 Å². The Bertz CT molecular complexity index is 1600. The Labute approximate surface area is 208 Å². The maximum atomic E-state index is 12.9. The normalized spacial score (nSPS) is 13.4. The van der Waals surface area contributed by atoms with Crippen molar-refractivity contribution >= 4 is 33.9 Å². The Kier molecular flexibility index (Phi) is 5.37. The summed E-state index contributed by atoms with van der Waals surface area (Å²) in [6, 6.07) is 25.6. The molecule has 0 saturated heterocycles. The second-order valence-corrected chi connectivity index (χ2v) is 8.91. The average molecular weight is 476 g/mol. The van der Waals surface area contributed by atoms with E-state index in [2.05, 4.69) is 5.10 Å². The molecule has 0 saturated carbocycles. The van der Waals surface area contributed by atoms with Crippen LogP contribution in [-0.2, 0) is 24.8 Å². The lowest BCUT2D eigenvalue weighted by Gasteiger charge is -2.17. The predicted octanol–water partition coefficient (Wildman–Crippen LogP) is 4.84. The number of fused-ring (bicyclic) bond motifs is 2. The predicted molar refractivity (Wildman–Crippen MR) is 141 cm³/mol. The van der Waals surface area contributed by atoms with Gasteiger partial charge in [0.05, 0.1) is 22.5 Å². The average Bonchev–Trinajstić information content (AvgIpc) is 3.63. The molecule has 6 rings (SSSR count). The Morgan fingerprint density at radius 3 is 2.64 bits per heavy atom. The van der Waals surface area contributed by atoms with E-state index in [1.54, 1.807) is 21.6 Å². The lowest BCUT2D eigenvalue weighted by molar-refractivity contribution is -0.119. The third-order valence-electron chi connectivity index (χ3n) is 6.72. The molecule has 0 fully saturated rings. The van der Waals surface area contributed by atoms with E-state index in [1.807, 2.05) is 90.8 Å². The molecule has 0 aliphatic carbocycles. The van der Waals surface area contributed by atoms with E-state index >= 15 is 0 Å². The van der Waals surface area contributed by atoms with E-state index in [4.69, 9.17) is 4.99 Å². The van der Waals surface area contributed by atoms with Crippen LogP contribution in [0.3, 0.4) is 0 Å². The summed E-state index contributed by atoms with van der Waals surface area (Å²) in [5.74, 6) is 0.190. The lowest BCUT2D eigenvalue weighted by atomic mass is 10.0. The van der Waals surface area contributed by atoms with Gasteiger partial charge < -0.3 is 14.6 Å². The van der Waals surface area contributed by atoms with Gasteiger partial charge in [-0.25, -0.2) is 4.99 Å². The van der Waals surface area contributed by atoms with Gasteiger partial charge in [-0.15, -0.1) is 0 Å². The van der Waals surface area contributed by atoms with Crippen LogP contribution in [-0.4, -0.2) is 37.6 Å². The van der Waals surface area contributed by atoms with Crippen molar-refractivity contribution in [2.75, 3.05) is 11.4 Å². The van der Waals surface area contributed by atoms with Crippen molar-refractivity contribution in [2.24, 2.45) is 12.0 Å². The monoisotopic (exact) mass is 475 g/mol.